The van der Waals surface area contributed by atoms with Crippen molar-refractivity contribution in [2.75, 3.05) is 11.4 Å². The van der Waals surface area contributed by atoms with Crippen LogP contribution < -0.4 is 4.90 Å². The maximum absolute atomic E-state index is 13.5. The first-order chi connectivity index (χ1) is 17.3. The predicted octanol–water partition coefficient (Wildman–Crippen LogP) is 4.46. The van der Waals surface area contributed by atoms with Crippen LogP contribution >= 0.6 is 15.9 Å². The fraction of sp³-hybridized carbons (Fsp3) is 0.280. The molecule has 0 aliphatic carbocycles. The summed E-state index contributed by atoms with van der Waals surface area (Å²) in [6.07, 6.45) is 0.515. The van der Waals surface area contributed by atoms with Crippen molar-refractivity contribution < 1.29 is 27.9 Å². The number of hydrogen-bond acceptors (Lipinski definition) is 7. The van der Waals surface area contributed by atoms with Crippen LogP contribution in [0, 0.1) is 0 Å². The Hall–Kier alpha value is -3.35. The molecule has 0 saturated carbocycles. The molecule has 2 aromatic heterocycles. The van der Waals surface area contributed by atoms with E-state index in [1.807, 2.05) is 12.1 Å². The van der Waals surface area contributed by atoms with Crippen LogP contribution in [0.5, 0.6) is 0 Å². The van der Waals surface area contributed by atoms with Gasteiger partial charge >= 0.3 is 12.1 Å². The van der Waals surface area contributed by atoms with Crippen molar-refractivity contribution in [3.8, 4) is 0 Å². The first kappa shape index (κ1) is 28.2. The molecule has 0 spiro atoms. The maximum Gasteiger partial charge on any atom is 0.416 e. The number of carboxylic acids is 1. The van der Waals surface area contributed by atoms with Crippen LogP contribution in [0.1, 0.15) is 32.0 Å². The van der Waals surface area contributed by atoms with E-state index < -0.39 is 34.2 Å². The number of rotatable bonds is 9. The molecule has 3 aromatic rings. The second-order valence-corrected chi connectivity index (χ2v) is 11.8. The molecule has 1 aromatic carbocycles. The number of carbonyl (C=O) groups excluding carboxylic acids is 1. The lowest BCUT2D eigenvalue weighted by Gasteiger charge is -2.26. The number of amides is 1. The van der Waals surface area contributed by atoms with Crippen LogP contribution in [0.3, 0.4) is 0 Å². The molecule has 0 fully saturated rings. The number of aromatic nitrogens is 2. The molecule has 1 amide bonds. The molecule has 0 bridgehead atoms. The van der Waals surface area contributed by atoms with Crippen molar-refractivity contribution in [1.82, 2.24) is 14.3 Å². The number of aliphatic carboxylic acids is 1. The van der Waals surface area contributed by atoms with Crippen molar-refractivity contribution in [2.24, 2.45) is 0 Å². The zero-order chi connectivity index (χ0) is 27.2. The first-order valence-electron chi connectivity index (χ1n) is 11.2. The van der Waals surface area contributed by atoms with Crippen LogP contribution in [0.25, 0.3) is 0 Å². The van der Waals surface area contributed by atoms with Gasteiger partial charge in [-0.1, -0.05) is 40.2 Å². The minimum absolute atomic E-state index is 0.0213. The Bertz CT molecular complexity index is 1350. The van der Waals surface area contributed by atoms with Crippen LogP contribution in [-0.2, 0) is 32.6 Å². The van der Waals surface area contributed by atoms with Gasteiger partial charge in [0.05, 0.1) is 12.2 Å². The fourth-order valence-electron chi connectivity index (χ4n) is 3.23. The van der Waals surface area contributed by atoms with Gasteiger partial charge in [-0.05, 0) is 62.7 Å². The normalized spacial score (nSPS) is 11.8. The molecule has 0 unspecified atom stereocenters. The molecule has 196 valence electrons. The predicted molar refractivity (Wildman–Crippen MR) is 140 cm³/mol. The van der Waals surface area contributed by atoms with E-state index in [0.29, 0.717) is 5.69 Å². The van der Waals surface area contributed by atoms with Crippen LogP contribution in [0.2, 0.25) is 0 Å². The number of carbonyl (C=O) groups is 2. The lowest BCUT2D eigenvalue weighted by molar-refractivity contribution is -0.135. The third-order valence-corrected chi connectivity index (χ3v) is 7.07. The summed E-state index contributed by atoms with van der Waals surface area (Å²) in [5.74, 6) is -1.24. The Balaban J connectivity index is 1.97. The summed E-state index contributed by atoms with van der Waals surface area (Å²) in [5.41, 5.74) is 0.178. The van der Waals surface area contributed by atoms with Gasteiger partial charge in [0.15, 0.2) is 5.03 Å². The summed E-state index contributed by atoms with van der Waals surface area (Å²) in [5, 5.41) is 9.23. The van der Waals surface area contributed by atoms with Gasteiger partial charge in [-0.15, -0.1) is 0 Å². The number of nitrogens with zero attached hydrogens (tertiary/aromatic N) is 4. The number of carboxylic acid groups (broad SMARTS) is 1. The summed E-state index contributed by atoms with van der Waals surface area (Å²) >= 11 is 3.37. The SMILES string of the molecule is CC(C)(C)OC(=O)N(CC(=O)O)c1cccc(CN(Cc2ccc(Br)cc2)S(=O)(=O)c2ccccn2)n1. The van der Waals surface area contributed by atoms with E-state index in [2.05, 4.69) is 25.9 Å². The number of benzene rings is 1. The second-order valence-electron chi connectivity index (χ2n) is 9.01. The van der Waals surface area contributed by atoms with E-state index in [0.717, 1.165) is 14.9 Å². The minimum Gasteiger partial charge on any atom is -0.480 e. The zero-order valence-corrected chi connectivity index (χ0v) is 22.9. The molecule has 2 heterocycles. The van der Waals surface area contributed by atoms with Crippen molar-refractivity contribution in [3.05, 3.63) is 82.6 Å². The average molecular weight is 591 g/mol. The number of ether oxygens (including phenoxy) is 1. The summed E-state index contributed by atoms with van der Waals surface area (Å²) < 4.78 is 34.4. The van der Waals surface area contributed by atoms with Gasteiger partial charge in [0.25, 0.3) is 10.0 Å². The molecule has 0 aliphatic heterocycles. The zero-order valence-electron chi connectivity index (χ0n) is 20.5. The lowest BCUT2D eigenvalue weighted by atomic mass is 10.2. The van der Waals surface area contributed by atoms with E-state index >= 15 is 0 Å². The molecule has 0 saturated heterocycles. The third-order valence-electron chi connectivity index (χ3n) is 4.83. The van der Waals surface area contributed by atoms with Crippen LogP contribution in [-0.4, -0.2) is 52.0 Å². The Kier molecular flexibility index (Phi) is 9.00. The Morgan fingerprint density at radius 3 is 2.30 bits per heavy atom. The summed E-state index contributed by atoms with van der Waals surface area (Å²) in [6, 6.07) is 16.5. The van der Waals surface area contributed by atoms with Crippen molar-refractivity contribution >= 4 is 43.8 Å². The maximum atomic E-state index is 13.5. The van der Waals surface area contributed by atoms with Gasteiger partial charge in [0.1, 0.15) is 18.0 Å². The van der Waals surface area contributed by atoms with E-state index in [-0.39, 0.29) is 23.9 Å². The first-order valence-corrected chi connectivity index (χ1v) is 13.4. The van der Waals surface area contributed by atoms with Gasteiger partial charge in [-0.2, -0.15) is 4.31 Å². The van der Waals surface area contributed by atoms with Gasteiger partial charge in [0, 0.05) is 17.2 Å². The Morgan fingerprint density at radius 2 is 1.70 bits per heavy atom. The number of halogens is 1. The highest BCUT2D eigenvalue weighted by molar-refractivity contribution is 9.10. The number of hydrogen-bond donors (Lipinski definition) is 1. The molecule has 1 N–H and O–H groups in total. The van der Waals surface area contributed by atoms with E-state index in [9.17, 15) is 23.1 Å². The molecule has 0 aliphatic rings. The van der Waals surface area contributed by atoms with Crippen LogP contribution in [0.4, 0.5) is 10.6 Å². The standard InChI is InChI=1S/C25H27BrN4O6S/c1-25(2,3)36-24(33)30(17-23(31)32)21-8-6-7-20(28-21)16-29(15-18-10-12-19(26)13-11-18)37(34,35)22-9-4-5-14-27-22/h4-14H,15-17H2,1-3H3,(H,31,32). The van der Waals surface area contributed by atoms with Gasteiger partial charge < -0.3 is 9.84 Å². The minimum atomic E-state index is -4.03. The highest BCUT2D eigenvalue weighted by Gasteiger charge is 2.29. The van der Waals surface area contributed by atoms with Gasteiger partial charge in [-0.3, -0.25) is 9.69 Å². The van der Waals surface area contributed by atoms with Gasteiger partial charge in [0.2, 0.25) is 0 Å². The summed E-state index contributed by atoms with van der Waals surface area (Å²) in [4.78, 5) is 33.5. The summed E-state index contributed by atoms with van der Waals surface area (Å²) in [6.45, 7) is 4.18. The van der Waals surface area contributed by atoms with Crippen molar-refractivity contribution in [1.29, 1.82) is 0 Å². The average Bonchev–Trinajstić information content (AvgIpc) is 2.83. The largest absolute Gasteiger partial charge is 0.480 e. The molecule has 0 atom stereocenters. The highest BCUT2D eigenvalue weighted by Crippen LogP contribution is 2.22. The molecule has 3 rings (SSSR count). The fourth-order valence-corrected chi connectivity index (χ4v) is 4.82. The lowest BCUT2D eigenvalue weighted by Crippen LogP contribution is -2.40. The Morgan fingerprint density at radius 1 is 1.00 bits per heavy atom. The second kappa shape index (κ2) is 11.8. The number of sulfonamides is 1. The molecule has 37 heavy (non-hydrogen) atoms. The van der Waals surface area contributed by atoms with E-state index in [1.54, 1.807) is 57.2 Å². The molecule has 10 nitrogen and oxygen atoms in total. The molecule has 12 heteroatoms. The highest BCUT2D eigenvalue weighted by atomic mass is 79.9. The monoisotopic (exact) mass is 590 g/mol. The third kappa shape index (κ3) is 8.07. The number of anilines is 1. The van der Waals surface area contributed by atoms with Crippen LogP contribution in [0.15, 0.2) is 76.4 Å². The molecule has 0 radical (unpaired) electrons. The smallest absolute Gasteiger partial charge is 0.416 e. The Labute approximate surface area is 224 Å². The topological polar surface area (TPSA) is 130 Å². The summed E-state index contributed by atoms with van der Waals surface area (Å²) in [7, 11) is -4.03. The quantitative estimate of drug-likeness (QED) is 0.386. The van der Waals surface area contributed by atoms with Gasteiger partial charge in [-0.25, -0.2) is 23.2 Å². The van der Waals surface area contributed by atoms with Crippen molar-refractivity contribution in [2.45, 2.75) is 44.5 Å². The molecular formula is C25H27BrN4O6S. The van der Waals surface area contributed by atoms with Crippen molar-refractivity contribution in [3.63, 3.8) is 0 Å². The van der Waals surface area contributed by atoms with E-state index in [4.69, 9.17) is 4.74 Å². The van der Waals surface area contributed by atoms with E-state index in [1.165, 1.54) is 22.6 Å². The molecular weight excluding hydrogens is 564 g/mol. The number of pyridine rings is 2.